The second-order valence-corrected chi connectivity index (χ2v) is 9.43. The molecule has 13 heteroatoms. The van der Waals surface area contributed by atoms with Crippen molar-refractivity contribution in [1.29, 1.82) is 0 Å². The van der Waals surface area contributed by atoms with Gasteiger partial charge in [0.15, 0.2) is 0 Å². The first-order chi connectivity index (χ1) is 14.0. The van der Waals surface area contributed by atoms with E-state index in [4.69, 9.17) is 13.5 Å². The lowest BCUT2D eigenvalue weighted by Gasteiger charge is -2.38. The summed E-state index contributed by atoms with van der Waals surface area (Å²) in [4.78, 5) is 2.87. The van der Waals surface area contributed by atoms with E-state index in [2.05, 4.69) is 25.1 Å². The molecule has 0 spiro atoms. The van der Waals surface area contributed by atoms with E-state index in [0.29, 0.717) is 5.56 Å². The summed E-state index contributed by atoms with van der Waals surface area (Å²) in [7, 11) is -10.0. The van der Waals surface area contributed by atoms with E-state index in [-0.39, 0.29) is 11.1 Å². The van der Waals surface area contributed by atoms with Crippen molar-refractivity contribution in [3.05, 3.63) is 70.5 Å². The number of nitrogens with one attached hydrogen (secondary N) is 1. The molecule has 1 heterocycles. The number of hydrogen-bond donors (Lipinski definition) is 3. The fourth-order valence-corrected chi connectivity index (χ4v) is 4.90. The van der Waals surface area contributed by atoms with Gasteiger partial charge in [-0.05, 0) is 17.2 Å². The smallest absolute Gasteiger partial charge is 0.370 e. The summed E-state index contributed by atoms with van der Waals surface area (Å²) in [6.07, 6.45) is 0.455. The van der Waals surface area contributed by atoms with E-state index >= 15 is 0 Å². The molecule has 0 radical (unpaired) electrons. The SMILES string of the molecule is O=S(=O)(O)O[C@H]1[C@H](OCc2ccccc2)[C@@H](c2cc[nH]c2)C=C(Br)[C@H]1OS(=O)(=O)O. The molecular weight excluding hydrogens is 506 g/mol. The maximum Gasteiger partial charge on any atom is 0.398 e. The number of aromatic nitrogens is 1. The van der Waals surface area contributed by atoms with Gasteiger partial charge in [0.2, 0.25) is 0 Å². The highest BCUT2D eigenvalue weighted by molar-refractivity contribution is 9.11. The van der Waals surface area contributed by atoms with E-state index in [1.165, 1.54) is 0 Å². The first-order valence-electron chi connectivity index (χ1n) is 8.50. The van der Waals surface area contributed by atoms with Gasteiger partial charge in [0.25, 0.3) is 0 Å². The summed E-state index contributed by atoms with van der Waals surface area (Å²) in [6.45, 7) is 0.0296. The van der Waals surface area contributed by atoms with Crippen LogP contribution >= 0.6 is 15.9 Å². The molecule has 30 heavy (non-hydrogen) atoms. The van der Waals surface area contributed by atoms with Gasteiger partial charge in [-0.15, -0.1) is 0 Å². The molecule has 2 aromatic rings. The zero-order valence-corrected chi connectivity index (χ0v) is 18.4. The molecule has 0 fully saturated rings. The van der Waals surface area contributed by atoms with Crippen molar-refractivity contribution in [2.24, 2.45) is 0 Å². The fraction of sp³-hybridized carbons (Fsp3) is 0.294. The second kappa shape index (κ2) is 9.28. The molecule has 1 aliphatic rings. The number of H-pyrrole nitrogens is 1. The van der Waals surface area contributed by atoms with Crippen LogP contribution in [0, 0.1) is 0 Å². The number of hydrogen-bond acceptors (Lipinski definition) is 7. The van der Waals surface area contributed by atoms with Crippen molar-refractivity contribution in [2.45, 2.75) is 30.8 Å². The standard InChI is InChI=1S/C17H18BrNO9S2/c18-14-8-13(12-6-7-19-9-12)15(26-10-11-4-2-1-3-5-11)17(28-30(23,24)25)16(14)27-29(20,21)22/h1-9,13,15-17,19H,10H2,(H,20,21,22)(H,23,24,25)/t13-,15-,16-,17+/m1/s1. The molecule has 0 aliphatic heterocycles. The molecule has 3 rings (SSSR count). The van der Waals surface area contributed by atoms with Crippen LogP contribution in [0.4, 0.5) is 0 Å². The number of ether oxygens (including phenoxy) is 1. The molecule has 4 atom stereocenters. The highest BCUT2D eigenvalue weighted by atomic mass is 79.9. The number of halogens is 1. The van der Waals surface area contributed by atoms with Crippen molar-refractivity contribution in [1.82, 2.24) is 4.98 Å². The average Bonchev–Trinajstić information content (AvgIpc) is 3.17. The van der Waals surface area contributed by atoms with Gasteiger partial charge < -0.3 is 9.72 Å². The molecule has 0 unspecified atom stereocenters. The average molecular weight is 524 g/mol. The Morgan fingerprint density at radius 2 is 1.63 bits per heavy atom. The lowest BCUT2D eigenvalue weighted by atomic mass is 9.84. The minimum Gasteiger partial charge on any atom is -0.370 e. The van der Waals surface area contributed by atoms with E-state index < -0.39 is 45.0 Å². The lowest BCUT2D eigenvalue weighted by molar-refractivity contribution is -0.0792. The van der Waals surface area contributed by atoms with Gasteiger partial charge in [-0.2, -0.15) is 16.8 Å². The van der Waals surface area contributed by atoms with Gasteiger partial charge >= 0.3 is 20.8 Å². The molecule has 10 nitrogen and oxygen atoms in total. The number of rotatable bonds is 8. The molecule has 3 N–H and O–H groups in total. The zero-order valence-electron chi connectivity index (χ0n) is 15.2. The first-order valence-corrected chi connectivity index (χ1v) is 12.0. The van der Waals surface area contributed by atoms with Crippen molar-refractivity contribution >= 4 is 36.7 Å². The van der Waals surface area contributed by atoms with Crippen LogP contribution in [0.3, 0.4) is 0 Å². The van der Waals surface area contributed by atoms with Crippen molar-refractivity contribution in [3.63, 3.8) is 0 Å². The van der Waals surface area contributed by atoms with Crippen LogP contribution in [0.2, 0.25) is 0 Å². The number of benzene rings is 1. The van der Waals surface area contributed by atoms with Crippen LogP contribution in [0.1, 0.15) is 17.0 Å². The largest absolute Gasteiger partial charge is 0.398 e. The zero-order chi connectivity index (χ0) is 21.9. The summed E-state index contributed by atoms with van der Waals surface area (Å²) >= 11 is 3.14. The Kier molecular flexibility index (Phi) is 7.14. The Morgan fingerprint density at radius 3 is 2.20 bits per heavy atom. The highest BCUT2D eigenvalue weighted by Gasteiger charge is 2.46. The molecule has 164 valence electrons. The minimum atomic E-state index is -5.04. The fourth-order valence-electron chi connectivity index (χ4n) is 3.17. The maximum atomic E-state index is 11.5. The molecule has 1 aromatic heterocycles. The normalized spacial score (nSPS) is 25.1. The predicted molar refractivity (Wildman–Crippen MR) is 108 cm³/mol. The topological polar surface area (TPSA) is 152 Å². The van der Waals surface area contributed by atoms with E-state index in [9.17, 15) is 21.4 Å². The molecule has 1 aliphatic carbocycles. The van der Waals surface area contributed by atoms with Crippen molar-refractivity contribution in [3.8, 4) is 0 Å². The van der Waals surface area contributed by atoms with E-state index in [1.807, 2.05) is 6.07 Å². The van der Waals surface area contributed by atoms with Gasteiger partial charge in [-0.3, -0.25) is 9.11 Å². The van der Waals surface area contributed by atoms with Crippen LogP contribution in [0.5, 0.6) is 0 Å². The van der Waals surface area contributed by atoms with Crippen molar-refractivity contribution in [2.75, 3.05) is 0 Å². The Hall–Kier alpha value is -1.58. The van der Waals surface area contributed by atoms with Gasteiger partial charge in [-0.1, -0.05) is 52.3 Å². The summed E-state index contributed by atoms with van der Waals surface area (Å²) in [6, 6.07) is 10.7. The van der Waals surface area contributed by atoms with Crippen LogP contribution in [0.15, 0.2) is 59.4 Å². The monoisotopic (exact) mass is 523 g/mol. The third kappa shape index (κ3) is 6.21. The second-order valence-electron chi connectivity index (χ2n) is 6.42. The molecule has 1 aromatic carbocycles. The molecule has 0 saturated heterocycles. The Bertz CT molecular complexity index is 1090. The van der Waals surface area contributed by atoms with Gasteiger partial charge in [0.1, 0.15) is 12.2 Å². The molecule has 0 bridgehead atoms. The van der Waals surface area contributed by atoms with E-state index in [1.54, 1.807) is 48.8 Å². The van der Waals surface area contributed by atoms with E-state index in [0.717, 1.165) is 5.56 Å². The molecular formula is C17H18BrNO9S2. The summed E-state index contributed by atoms with van der Waals surface area (Å²) < 4.78 is 79.4. The summed E-state index contributed by atoms with van der Waals surface area (Å²) in [5.74, 6) is -0.609. The third-order valence-corrected chi connectivity index (χ3v) is 5.97. The molecule has 0 amide bonds. The van der Waals surface area contributed by atoms with Crippen LogP contribution in [0.25, 0.3) is 0 Å². The maximum absolute atomic E-state index is 11.5. The lowest BCUT2D eigenvalue weighted by Crippen LogP contribution is -2.49. The Labute approximate surface area is 181 Å². The molecule has 0 saturated carbocycles. The highest BCUT2D eigenvalue weighted by Crippen LogP contribution is 2.40. The van der Waals surface area contributed by atoms with Crippen LogP contribution in [-0.2, 0) is 40.5 Å². The Balaban J connectivity index is 2.03. The summed E-state index contributed by atoms with van der Waals surface area (Å²) in [5, 5.41) is 0. The third-order valence-electron chi connectivity index (χ3n) is 4.34. The summed E-state index contributed by atoms with van der Waals surface area (Å²) in [5.41, 5.74) is 1.44. The van der Waals surface area contributed by atoms with Gasteiger partial charge in [0.05, 0.1) is 12.7 Å². The van der Waals surface area contributed by atoms with Crippen LogP contribution in [-0.4, -0.2) is 49.2 Å². The predicted octanol–water partition coefficient (Wildman–Crippen LogP) is 2.35. The van der Waals surface area contributed by atoms with Crippen LogP contribution < -0.4 is 0 Å². The van der Waals surface area contributed by atoms with Gasteiger partial charge in [-0.25, -0.2) is 8.37 Å². The van der Waals surface area contributed by atoms with Crippen molar-refractivity contribution < 1.29 is 39.0 Å². The minimum absolute atomic E-state index is 0.0296. The quantitative estimate of drug-likeness (QED) is 0.442. The number of aromatic amines is 1. The first kappa shape index (κ1) is 23.1. The Morgan fingerprint density at radius 1 is 0.967 bits per heavy atom. The van der Waals surface area contributed by atoms with Gasteiger partial charge in [0, 0.05) is 22.8 Å².